The molecule has 0 heterocycles. The number of anilines is 1. The topological polar surface area (TPSA) is 58.6 Å². The minimum Gasteiger partial charge on any atom is -0.497 e. The molecule has 1 saturated carbocycles. The van der Waals surface area contributed by atoms with Gasteiger partial charge < -0.3 is 15.0 Å². The molecule has 2 aromatic carbocycles. The van der Waals surface area contributed by atoms with E-state index in [-0.39, 0.29) is 17.9 Å². The third-order valence-electron chi connectivity index (χ3n) is 5.20. The van der Waals surface area contributed by atoms with Crippen molar-refractivity contribution in [2.24, 2.45) is 0 Å². The van der Waals surface area contributed by atoms with Gasteiger partial charge in [-0.15, -0.1) is 0 Å². The van der Waals surface area contributed by atoms with E-state index in [1.54, 1.807) is 43.5 Å². The molecule has 0 atom stereocenters. The molecule has 0 spiro atoms. The number of hydrogen-bond donors (Lipinski definition) is 1. The molecule has 1 N–H and O–H groups in total. The molecule has 2 aromatic rings. The van der Waals surface area contributed by atoms with Gasteiger partial charge in [-0.05, 0) is 49.2 Å². The number of methoxy groups -OCH3 is 1. The van der Waals surface area contributed by atoms with Gasteiger partial charge in [0.2, 0.25) is 0 Å². The van der Waals surface area contributed by atoms with Crippen molar-refractivity contribution in [1.29, 1.82) is 0 Å². The zero-order chi connectivity index (χ0) is 19.2. The van der Waals surface area contributed by atoms with Crippen molar-refractivity contribution in [1.82, 2.24) is 4.90 Å². The van der Waals surface area contributed by atoms with Crippen molar-refractivity contribution >= 4 is 17.5 Å². The number of carbonyl (C=O) groups is 2. The smallest absolute Gasteiger partial charge is 0.255 e. The predicted molar refractivity (Wildman–Crippen MR) is 106 cm³/mol. The fourth-order valence-electron chi connectivity index (χ4n) is 3.54. The largest absolute Gasteiger partial charge is 0.497 e. The molecule has 0 aliphatic heterocycles. The molecule has 0 saturated heterocycles. The van der Waals surface area contributed by atoms with Crippen LogP contribution in [0.15, 0.2) is 48.5 Å². The van der Waals surface area contributed by atoms with Crippen LogP contribution >= 0.6 is 0 Å². The molecule has 2 amide bonds. The summed E-state index contributed by atoms with van der Waals surface area (Å²) >= 11 is 0. The number of ether oxygens (including phenoxy) is 1. The van der Waals surface area contributed by atoms with E-state index < -0.39 is 0 Å². The molecule has 27 heavy (non-hydrogen) atoms. The summed E-state index contributed by atoms with van der Waals surface area (Å²) in [5.74, 6) is 0.391. The van der Waals surface area contributed by atoms with E-state index >= 15 is 0 Å². The Bertz CT molecular complexity index is 795. The summed E-state index contributed by atoms with van der Waals surface area (Å²) in [7, 11) is 3.44. The third kappa shape index (κ3) is 4.48. The molecule has 3 rings (SSSR count). The highest BCUT2D eigenvalue weighted by molar-refractivity contribution is 6.09. The van der Waals surface area contributed by atoms with E-state index in [0.29, 0.717) is 22.6 Å². The molecule has 1 aliphatic rings. The summed E-state index contributed by atoms with van der Waals surface area (Å²) in [5.41, 5.74) is 1.57. The standard InChI is InChI=1S/C22H26N2O3/c1-24(17-8-4-3-5-9-17)22(26)19-10-6-7-11-20(19)23-21(25)16-12-14-18(27-2)15-13-16/h6-7,10-15,17H,3-5,8-9H2,1-2H3,(H,23,25). The van der Waals surface area contributed by atoms with Gasteiger partial charge in [0.25, 0.3) is 11.8 Å². The normalized spacial score (nSPS) is 14.4. The third-order valence-corrected chi connectivity index (χ3v) is 5.20. The summed E-state index contributed by atoms with van der Waals surface area (Å²) in [4.78, 5) is 27.4. The quantitative estimate of drug-likeness (QED) is 0.856. The molecule has 0 aromatic heterocycles. The number of nitrogens with zero attached hydrogens (tertiary/aromatic N) is 1. The molecule has 5 heteroatoms. The van der Waals surface area contributed by atoms with Gasteiger partial charge in [0.15, 0.2) is 0 Å². The number of amides is 2. The van der Waals surface area contributed by atoms with Gasteiger partial charge in [-0.1, -0.05) is 31.4 Å². The van der Waals surface area contributed by atoms with Crippen LogP contribution in [0.4, 0.5) is 5.69 Å². The molecule has 0 radical (unpaired) electrons. The molecular weight excluding hydrogens is 340 g/mol. The van der Waals surface area contributed by atoms with Gasteiger partial charge in [0.05, 0.1) is 18.4 Å². The van der Waals surface area contributed by atoms with Gasteiger partial charge in [-0.25, -0.2) is 0 Å². The van der Waals surface area contributed by atoms with Gasteiger partial charge in [-0.3, -0.25) is 9.59 Å². The molecule has 142 valence electrons. The van der Waals surface area contributed by atoms with Crippen LogP contribution < -0.4 is 10.1 Å². The van der Waals surface area contributed by atoms with E-state index in [9.17, 15) is 9.59 Å². The molecule has 0 unspecified atom stereocenters. The van der Waals surface area contributed by atoms with Gasteiger partial charge in [0, 0.05) is 18.7 Å². The lowest BCUT2D eigenvalue weighted by Crippen LogP contribution is -2.38. The second kappa shape index (κ2) is 8.71. The Balaban J connectivity index is 1.76. The lowest BCUT2D eigenvalue weighted by molar-refractivity contribution is 0.0697. The highest BCUT2D eigenvalue weighted by Gasteiger charge is 2.24. The number of benzene rings is 2. The van der Waals surface area contributed by atoms with Crippen LogP contribution in [-0.2, 0) is 0 Å². The Morgan fingerprint density at radius 1 is 1.00 bits per heavy atom. The maximum Gasteiger partial charge on any atom is 0.255 e. The zero-order valence-electron chi connectivity index (χ0n) is 15.9. The van der Waals surface area contributed by atoms with Crippen molar-refractivity contribution in [2.75, 3.05) is 19.5 Å². The van der Waals surface area contributed by atoms with E-state index in [4.69, 9.17) is 4.74 Å². The van der Waals surface area contributed by atoms with Gasteiger partial charge in [-0.2, -0.15) is 0 Å². The Labute approximate surface area is 160 Å². The summed E-state index contributed by atoms with van der Waals surface area (Å²) in [6.45, 7) is 0. The summed E-state index contributed by atoms with van der Waals surface area (Å²) in [5, 5.41) is 2.88. The first-order chi connectivity index (χ1) is 13.1. The number of hydrogen-bond acceptors (Lipinski definition) is 3. The van der Waals surface area contributed by atoms with E-state index in [1.807, 2.05) is 24.1 Å². The first kappa shape index (κ1) is 19.0. The van der Waals surface area contributed by atoms with Crippen LogP contribution in [0, 0.1) is 0 Å². The Hall–Kier alpha value is -2.82. The van der Waals surface area contributed by atoms with E-state index in [2.05, 4.69) is 5.32 Å². The number of nitrogens with one attached hydrogen (secondary N) is 1. The van der Waals surface area contributed by atoms with E-state index in [0.717, 1.165) is 25.7 Å². The first-order valence-corrected chi connectivity index (χ1v) is 9.41. The lowest BCUT2D eigenvalue weighted by Gasteiger charge is -2.31. The summed E-state index contributed by atoms with van der Waals surface area (Å²) in [6, 6.07) is 14.3. The van der Waals surface area contributed by atoms with Crippen LogP contribution in [0.25, 0.3) is 0 Å². The minimum absolute atomic E-state index is 0.0486. The Kier molecular flexibility index (Phi) is 6.12. The van der Waals surface area contributed by atoms with Crippen LogP contribution in [0.3, 0.4) is 0 Å². The van der Waals surface area contributed by atoms with Crippen molar-refractivity contribution in [3.8, 4) is 5.75 Å². The second-order valence-electron chi connectivity index (χ2n) is 6.94. The predicted octanol–water partition coefficient (Wildman–Crippen LogP) is 4.35. The van der Waals surface area contributed by atoms with Crippen molar-refractivity contribution in [3.63, 3.8) is 0 Å². The molecular formula is C22H26N2O3. The summed E-state index contributed by atoms with van der Waals surface area (Å²) in [6.07, 6.45) is 5.66. The van der Waals surface area contributed by atoms with Crippen LogP contribution in [0.5, 0.6) is 5.75 Å². The Morgan fingerprint density at radius 2 is 1.67 bits per heavy atom. The van der Waals surface area contributed by atoms with E-state index in [1.165, 1.54) is 6.42 Å². The average Bonchev–Trinajstić information content (AvgIpc) is 2.73. The molecule has 1 aliphatic carbocycles. The summed E-state index contributed by atoms with van der Waals surface area (Å²) < 4.78 is 5.12. The highest BCUT2D eigenvalue weighted by atomic mass is 16.5. The molecule has 1 fully saturated rings. The number of rotatable bonds is 5. The fourth-order valence-corrected chi connectivity index (χ4v) is 3.54. The minimum atomic E-state index is -0.252. The maximum absolute atomic E-state index is 13.0. The lowest BCUT2D eigenvalue weighted by atomic mass is 9.94. The second-order valence-corrected chi connectivity index (χ2v) is 6.94. The van der Waals surface area contributed by atoms with Gasteiger partial charge >= 0.3 is 0 Å². The molecule has 5 nitrogen and oxygen atoms in total. The van der Waals surface area contributed by atoms with Crippen LogP contribution in [0.2, 0.25) is 0 Å². The highest BCUT2D eigenvalue weighted by Crippen LogP contribution is 2.25. The Morgan fingerprint density at radius 3 is 2.33 bits per heavy atom. The van der Waals surface area contributed by atoms with Crippen LogP contribution in [-0.4, -0.2) is 36.9 Å². The monoisotopic (exact) mass is 366 g/mol. The SMILES string of the molecule is COc1ccc(C(=O)Nc2ccccc2C(=O)N(C)C2CCCCC2)cc1. The molecule has 0 bridgehead atoms. The zero-order valence-corrected chi connectivity index (χ0v) is 15.9. The van der Waals surface area contributed by atoms with Crippen LogP contribution in [0.1, 0.15) is 52.8 Å². The number of para-hydroxylation sites is 1. The van der Waals surface area contributed by atoms with Crippen molar-refractivity contribution < 1.29 is 14.3 Å². The van der Waals surface area contributed by atoms with Gasteiger partial charge in [0.1, 0.15) is 5.75 Å². The van der Waals surface area contributed by atoms with Crippen molar-refractivity contribution in [2.45, 2.75) is 38.1 Å². The number of carbonyl (C=O) groups excluding carboxylic acids is 2. The maximum atomic E-state index is 13.0. The fraction of sp³-hybridized carbons (Fsp3) is 0.364. The first-order valence-electron chi connectivity index (χ1n) is 9.41. The average molecular weight is 366 g/mol. The van der Waals surface area contributed by atoms with Crippen molar-refractivity contribution in [3.05, 3.63) is 59.7 Å².